The third kappa shape index (κ3) is 4.29. The predicted octanol–water partition coefficient (Wildman–Crippen LogP) is 2.38. The van der Waals surface area contributed by atoms with Gasteiger partial charge in [0.2, 0.25) is 10.0 Å². The van der Waals surface area contributed by atoms with Gasteiger partial charge in [0.25, 0.3) is 5.69 Å². The second-order valence-electron chi connectivity index (χ2n) is 6.18. The molecule has 0 aliphatic carbocycles. The van der Waals surface area contributed by atoms with Crippen LogP contribution in [0.3, 0.4) is 0 Å². The molecule has 0 saturated carbocycles. The minimum absolute atomic E-state index is 0.00653. The summed E-state index contributed by atoms with van der Waals surface area (Å²) in [6.07, 6.45) is 0. The van der Waals surface area contributed by atoms with Crippen LogP contribution in [0, 0.1) is 21.7 Å². The van der Waals surface area contributed by atoms with Crippen LogP contribution in [0.2, 0.25) is 0 Å². The fraction of sp³-hybridized carbons (Fsp3) is 0.294. The molecule has 0 N–H and O–H groups in total. The van der Waals surface area contributed by atoms with E-state index in [0.29, 0.717) is 25.7 Å². The second-order valence-corrected chi connectivity index (χ2v) is 8.12. The molecule has 1 heterocycles. The molecule has 0 aromatic heterocycles. The average molecular weight is 397 g/mol. The highest BCUT2D eigenvalue weighted by atomic mass is 32.2. The molecular formula is C17H17F2N3O4S. The lowest BCUT2D eigenvalue weighted by Crippen LogP contribution is -2.48. The van der Waals surface area contributed by atoms with E-state index >= 15 is 0 Å². The molecule has 7 nitrogen and oxygen atoms in total. The average Bonchev–Trinajstić information content (AvgIpc) is 2.64. The molecule has 0 amide bonds. The van der Waals surface area contributed by atoms with Gasteiger partial charge in [-0.15, -0.1) is 0 Å². The standard InChI is InChI=1S/C17H17F2N3O4S/c18-16-5-4-15(11-17(16)19)27(25,26)21-8-6-20(7-9-21)12-13-2-1-3-14(10-13)22(23)24/h1-5,10-11H,6-9,12H2. The van der Waals surface area contributed by atoms with Crippen molar-refractivity contribution in [1.29, 1.82) is 0 Å². The number of non-ortho nitro benzene ring substituents is 1. The zero-order chi connectivity index (χ0) is 19.6. The van der Waals surface area contributed by atoms with Gasteiger partial charge in [-0.2, -0.15) is 4.31 Å². The molecule has 10 heteroatoms. The lowest BCUT2D eigenvalue weighted by Gasteiger charge is -2.34. The van der Waals surface area contributed by atoms with E-state index in [1.807, 2.05) is 4.90 Å². The van der Waals surface area contributed by atoms with E-state index in [2.05, 4.69) is 0 Å². The fourth-order valence-electron chi connectivity index (χ4n) is 2.94. The molecule has 0 bridgehead atoms. The van der Waals surface area contributed by atoms with Crippen LogP contribution in [0.1, 0.15) is 5.56 Å². The highest BCUT2D eigenvalue weighted by molar-refractivity contribution is 7.89. The molecule has 2 aromatic carbocycles. The number of nitro groups is 1. The molecular weight excluding hydrogens is 380 g/mol. The molecule has 1 aliphatic heterocycles. The van der Waals surface area contributed by atoms with Gasteiger partial charge in [0, 0.05) is 44.9 Å². The zero-order valence-electron chi connectivity index (χ0n) is 14.2. The smallest absolute Gasteiger partial charge is 0.269 e. The van der Waals surface area contributed by atoms with Crippen LogP contribution in [0.5, 0.6) is 0 Å². The molecule has 144 valence electrons. The summed E-state index contributed by atoms with van der Waals surface area (Å²) in [6, 6.07) is 8.80. The van der Waals surface area contributed by atoms with Crippen LogP contribution in [-0.2, 0) is 16.6 Å². The first kappa shape index (κ1) is 19.3. The Bertz CT molecular complexity index is 960. The lowest BCUT2D eigenvalue weighted by molar-refractivity contribution is -0.384. The van der Waals surface area contributed by atoms with Gasteiger partial charge >= 0.3 is 0 Å². The first-order valence-electron chi connectivity index (χ1n) is 8.18. The van der Waals surface area contributed by atoms with Gasteiger partial charge in [0.15, 0.2) is 11.6 Å². The van der Waals surface area contributed by atoms with Crippen molar-refractivity contribution in [3.63, 3.8) is 0 Å². The van der Waals surface area contributed by atoms with E-state index in [9.17, 15) is 27.3 Å². The number of nitro benzene ring substituents is 1. The first-order chi connectivity index (χ1) is 12.8. The number of halogens is 2. The maximum absolute atomic E-state index is 13.4. The summed E-state index contributed by atoms with van der Waals surface area (Å²) in [5.74, 6) is -2.31. The summed E-state index contributed by atoms with van der Waals surface area (Å²) >= 11 is 0. The maximum atomic E-state index is 13.4. The van der Waals surface area contributed by atoms with Crippen molar-refractivity contribution >= 4 is 15.7 Å². The fourth-order valence-corrected chi connectivity index (χ4v) is 4.38. The van der Waals surface area contributed by atoms with Crippen LogP contribution in [0.4, 0.5) is 14.5 Å². The third-order valence-corrected chi connectivity index (χ3v) is 6.28. The number of rotatable bonds is 5. The number of hydrogen-bond acceptors (Lipinski definition) is 5. The van der Waals surface area contributed by atoms with E-state index in [0.717, 1.165) is 17.7 Å². The van der Waals surface area contributed by atoms with Crippen LogP contribution in [0.15, 0.2) is 47.4 Å². The van der Waals surface area contributed by atoms with E-state index in [-0.39, 0.29) is 23.7 Å². The number of sulfonamides is 1. The molecule has 0 unspecified atom stereocenters. The number of benzene rings is 2. The highest BCUT2D eigenvalue weighted by Crippen LogP contribution is 2.21. The van der Waals surface area contributed by atoms with Gasteiger partial charge in [0.1, 0.15) is 0 Å². The summed E-state index contributed by atoms with van der Waals surface area (Å²) < 4.78 is 52.8. The SMILES string of the molecule is O=[N+]([O-])c1cccc(CN2CCN(S(=O)(=O)c3ccc(F)c(F)c3)CC2)c1. The zero-order valence-corrected chi connectivity index (χ0v) is 15.0. The number of piperazine rings is 1. The summed E-state index contributed by atoms with van der Waals surface area (Å²) in [5.41, 5.74) is 0.771. The number of nitrogens with zero attached hydrogens (tertiary/aromatic N) is 3. The van der Waals surface area contributed by atoms with Gasteiger partial charge in [-0.1, -0.05) is 12.1 Å². The highest BCUT2D eigenvalue weighted by Gasteiger charge is 2.29. The molecule has 0 spiro atoms. The monoisotopic (exact) mass is 397 g/mol. The van der Waals surface area contributed by atoms with Crippen molar-refractivity contribution in [2.45, 2.75) is 11.4 Å². The molecule has 0 atom stereocenters. The third-order valence-electron chi connectivity index (χ3n) is 4.39. The van der Waals surface area contributed by atoms with E-state index in [1.54, 1.807) is 12.1 Å². The molecule has 1 saturated heterocycles. The molecule has 0 radical (unpaired) electrons. The molecule has 27 heavy (non-hydrogen) atoms. The second kappa shape index (κ2) is 7.67. The predicted molar refractivity (Wildman–Crippen MR) is 93.5 cm³/mol. The summed E-state index contributed by atoms with van der Waals surface area (Å²) in [4.78, 5) is 12.1. The van der Waals surface area contributed by atoms with Gasteiger partial charge in [-0.3, -0.25) is 15.0 Å². The van der Waals surface area contributed by atoms with Gasteiger partial charge < -0.3 is 0 Å². The van der Waals surface area contributed by atoms with Crippen LogP contribution < -0.4 is 0 Å². The molecule has 1 fully saturated rings. The van der Waals surface area contributed by atoms with E-state index < -0.39 is 26.6 Å². The van der Waals surface area contributed by atoms with Crippen molar-refractivity contribution in [2.24, 2.45) is 0 Å². The minimum atomic E-state index is -3.90. The molecule has 3 rings (SSSR count). The molecule has 1 aliphatic rings. The summed E-state index contributed by atoms with van der Waals surface area (Å²) in [5, 5.41) is 10.8. The Morgan fingerprint density at radius 1 is 1.00 bits per heavy atom. The van der Waals surface area contributed by atoms with E-state index in [1.165, 1.54) is 16.4 Å². The quantitative estimate of drug-likeness (QED) is 0.571. The topological polar surface area (TPSA) is 83.8 Å². The van der Waals surface area contributed by atoms with E-state index in [4.69, 9.17) is 0 Å². The Hall–Kier alpha value is -2.43. The summed E-state index contributed by atoms with van der Waals surface area (Å²) in [6.45, 7) is 1.68. The minimum Gasteiger partial charge on any atom is -0.296 e. The Kier molecular flexibility index (Phi) is 5.49. The first-order valence-corrected chi connectivity index (χ1v) is 9.62. The maximum Gasteiger partial charge on any atom is 0.269 e. The normalized spacial score (nSPS) is 16.4. The van der Waals surface area contributed by atoms with Gasteiger partial charge in [-0.25, -0.2) is 17.2 Å². The number of hydrogen-bond donors (Lipinski definition) is 0. The van der Waals surface area contributed by atoms with Crippen molar-refractivity contribution < 1.29 is 22.1 Å². The molecule has 2 aromatic rings. The van der Waals surface area contributed by atoms with Gasteiger partial charge in [0.05, 0.1) is 9.82 Å². The Labute approximate surface area is 155 Å². The van der Waals surface area contributed by atoms with Crippen LogP contribution in [-0.4, -0.2) is 48.7 Å². The van der Waals surface area contributed by atoms with Gasteiger partial charge in [-0.05, 0) is 23.8 Å². The van der Waals surface area contributed by atoms with Crippen LogP contribution in [0.25, 0.3) is 0 Å². The lowest BCUT2D eigenvalue weighted by atomic mass is 10.2. The Morgan fingerprint density at radius 2 is 1.70 bits per heavy atom. The Balaban J connectivity index is 1.65. The largest absolute Gasteiger partial charge is 0.296 e. The summed E-state index contributed by atoms with van der Waals surface area (Å²) in [7, 11) is -3.90. The van der Waals surface area contributed by atoms with Crippen LogP contribution >= 0.6 is 0 Å². The van der Waals surface area contributed by atoms with Crippen molar-refractivity contribution in [1.82, 2.24) is 9.21 Å². The Morgan fingerprint density at radius 3 is 2.33 bits per heavy atom. The van der Waals surface area contributed by atoms with Crippen molar-refractivity contribution in [2.75, 3.05) is 26.2 Å². The van der Waals surface area contributed by atoms with Crippen molar-refractivity contribution in [3.8, 4) is 0 Å². The van der Waals surface area contributed by atoms with Crippen molar-refractivity contribution in [3.05, 3.63) is 69.8 Å².